The third-order valence-electron chi connectivity index (χ3n) is 3.44. The molecule has 0 spiro atoms. The summed E-state index contributed by atoms with van der Waals surface area (Å²) in [5.74, 6) is -0.0826. The van der Waals surface area contributed by atoms with Crippen LogP contribution in [-0.4, -0.2) is 29.1 Å². The van der Waals surface area contributed by atoms with Crippen LogP contribution in [0, 0.1) is 9.49 Å². The zero-order chi connectivity index (χ0) is 13.1. The summed E-state index contributed by atoms with van der Waals surface area (Å²) in [6.45, 7) is 5.53. The molecular formula is C14H18INO2. The Labute approximate surface area is 121 Å². The van der Waals surface area contributed by atoms with Gasteiger partial charge in [-0.1, -0.05) is 13.0 Å². The van der Waals surface area contributed by atoms with Crippen molar-refractivity contribution in [3.05, 3.63) is 32.9 Å². The molecule has 0 aliphatic carbocycles. The standard InChI is InChI=1S/C14H18INO2/c1-10-3-2-6-16(8-10)9-12-5-4-11(14(17)18)7-13(12)15/h4-5,7,10H,2-3,6,8-9H2,1H3,(H,17,18). The molecule has 1 heterocycles. The number of hydrogen-bond acceptors (Lipinski definition) is 2. The van der Waals surface area contributed by atoms with E-state index < -0.39 is 5.97 Å². The topological polar surface area (TPSA) is 40.5 Å². The lowest BCUT2D eigenvalue weighted by Crippen LogP contribution is -2.33. The number of carboxylic acids is 1. The molecule has 98 valence electrons. The molecule has 2 rings (SSSR count). The number of benzene rings is 1. The minimum Gasteiger partial charge on any atom is -0.478 e. The maximum Gasteiger partial charge on any atom is 0.335 e. The normalized spacial score (nSPS) is 20.9. The lowest BCUT2D eigenvalue weighted by molar-refractivity contribution is 0.0697. The minimum absolute atomic E-state index is 0.371. The summed E-state index contributed by atoms with van der Waals surface area (Å²) in [5, 5.41) is 8.94. The quantitative estimate of drug-likeness (QED) is 0.843. The van der Waals surface area contributed by atoms with Crippen LogP contribution in [0.5, 0.6) is 0 Å². The summed E-state index contributed by atoms with van der Waals surface area (Å²) in [7, 11) is 0. The van der Waals surface area contributed by atoms with E-state index in [-0.39, 0.29) is 0 Å². The van der Waals surface area contributed by atoms with Crippen molar-refractivity contribution < 1.29 is 9.90 Å². The van der Waals surface area contributed by atoms with Crippen molar-refractivity contribution in [2.45, 2.75) is 26.3 Å². The molecular weight excluding hydrogens is 341 g/mol. The molecule has 1 saturated heterocycles. The average molecular weight is 359 g/mol. The fourth-order valence-corrected chi connectivity index (χ4v) is 3.17. The Kier molecular flexibility index (Phi) is 4.61. The van der Waals surface area contributed by atoms with Crippen LogP contribution in [0.25, 0.3) is 0 Å². The van der Waals surface area contributed by atoms with E-state index in [0.29, 0.717) is 5.56 Å². The van der Waals surface area contributed by atoms with Crippen molar-refractivity contribution in [2.75, 3.05) is 13.1 Å². The van der Waals surface area contributed by atoms with Gasteiger partial charge in [0.1, 0.15) is 0 Å². The zero-order valence-electron chi connectivity index (χ0n) is 10.5. The fraction of sp³-hybridized carbons (Fsp3) is 0.500. The summed E-state index contributed by atoms with van der Waals surface area (Å²) >= 11 is 2.23. The Balaban J connectivity index is 2.07. The Bertz CT molecular complexity index is 447. The molecule has 18 heavy (non-hydrogen) atoms. The second-order valence-electron chi connectivity index (χ2n) is 5.09. The molecule has 0 radical (unpaired) electrons. The zero-order valence-corrected chi connectivity index (χ0v) is 12.7. The van der Waals surface area contributed by atoms with Crippen LogP contribution in [0.1, 0.15) is 35.7 Å². The first kappa shape index (κ1) is 13.8. The highest BCUT2D eigenvalue weighted by Crippen LogP contribution is 2.21. The van der Waals surface area contributed by atoms with Gasteiger partial charge < -0.3 is 5.11 Å². The van der Waals surface area contributed by atoms with E-state index in [4.69, 9.17) is 5.11 Å². The molecule has 3 nitrogen and oxygen atoms in total. The van der Waals surface area contributed by atoms with Crippen molar-refractivity contribution in [1.82, 2.24) is 4.90 Å². The highest BCUT2D eigenvalue weighted by Gasteiger charge is 2.17. The van der Waals surface area contributed by atoms with Crippen molar-refractivity contribution in [2.24, 2.45) is 5.92 Å². The van der Waals surface area contributed by atoms with Gasteiger partial charge in [0, 0.05) is 16.7 Å². The second-order valence-corrected chi connectivity index (χ2v) is 6.26. The number of likely N-dealkylation sites (tertiary alicyclic amines) is 1. The van der Waals surface area contributed by atoms with Crippen LogP contribution in [0.2, 0.25) is 0 Å². The predicted molar refractivity (Wildman–Crippen MR) is 79.8 cm³/mol. The Morgan fingerprint density at radius 3 is 2.94 bits per heavy atom. The molecule has 1 aromatic carbocycles. The van der Waals surface area contributed by atoms with E-state index >= 15 is 0 Å². The predicted octanol–water partition coefficient (Wildman–Crippen LogP) is 3.22. The molecule has 1 aliphatic heterocycles. The van der Waals surface area contributed by atoms with E-state index in [0.717, 1.165) is 29.1 Å². The molecule has 0 aromatic heterocycles. The van der Waals surface area contributed by atoms with Crippen molar-refractivity contribution in [3.63, 3.8) is 0 Å². The summed E-state index contributed by atoms with van der Waals surface area (Å²) in [6.07, 6.45) is 2.59. The van der Waals surface area contributed by atoms with Crippen LogP contribution in [0.4, 0.5) is 0 Å². The lowest BCUT2D eigenvalue weighted by atomic mass is 9.99. The van der Waals surface area contributed by atoms with Gasteiger partial charge in [0.25, 0.3) is 0 Å². The van der Waals surface area contributed by atoms with Gasteiger partial charge in [-0.3, -0.25) is 4.90 Å². The van der Waals surface area contributed by atoms with Crippen LogP contribution in [0.3, 0.4) is 0 Å². The molecule has 1 N–H and O–H groups in total. The third kappa shape index (κ3) is 3.45. The van der Waals surface area contributed by atoms with Gasteiger partial charge in [-0.15, -0.1) is 0 Å². The van der Waals surface area contributed by atoms with Crippen molar-refractivity contribution in [3.8, 4) is 0 Å². The van der Waals surface area contributed by atoms with E-state index in [1.807, 2.05) is 6.07 Å². The molecule has 4 heteroatoms. The van der Waals surface area contributed by atoms with Crippen LogP contribution in [0.15, 0.2) is 18.2 Å². The first-order valence-corrected chi connectivity index (χ1v) is 7.38. The molecule has 0 saturated carbocycles. The van der Waals surface area contributed by atoms with Crippen LogP contribution >= 0.6 is 22.6 Å². The molecule has 1 unspecified atom stereocenters. The van der Waals surface area contributed by atoms with Gasteiger partial charge in [0.15, 0.2) is 0 Å². The van der Waals surface area contributed by atoms with Gasteiger partial charge >= 0.3 is 5.97 Å². The van der Waals surface area contributed by atoms with Gasteiger partial charge in [-0.05, 0) is 65.6 Å². The minimum atomic E-state index is -0.855. The number of piperidine rings is 1. The number of halogens is 1. The smallest absolute Gasteiger partial charge is 0.335 e. The third-order valence-corrected chi connectivity index (χ3v) is 4.44. The van der Waals surface area contributed by atoms with Gasteiger partial charge in [-0.25, -0.2) is 4.79 Å². The first-order valence-electron chi connectivity index (χ1n) is 6.30. The summed E-state index contributed by atoms with van der Waals surface area (Å²) < 4.78 is 1.05. The summed E-state index contributed by atoms with van der Waals surface area (Å²) in [4.78, 5) is 13.3. The SMILES string of the molecule is CC1CCCN(Cc2ccc(C(=O)O)cc2I)C1. The van der Waals surface area contributed by atoms with Gasteiger partial charge in [0.2, 0.25) is 0 Å². The van der Waals surface area contributed by atoms with Crippen LogP contribution < -0.4 is 0 Å². The molecule has 1 aliphatic rings. The van der Waals surface area contributed by atoms with E-state index in [9.17, 15) is 4.79 Å². The van der Waals surface area contributed by atoms with Crippen molar-refractivity contribution in [1.29, 1.82) is 0 Å². The maximum absolute atomic E-state index is 10.9. The summed E-state index contributed by atoms with van der Waals surface area (Å²) in [6, 6.07) is 5.41. The van der Waals surface area contributed by atoms with Crippen molar-refractivity contribution >= 4 is 28.6 Å². The molecule has 0 bridgehead atoms. The number of rotatable bonds is 3. The lowest BCUT2D eigenvalue weighted by Gasteiger charge is -2.31. The number of carboxylic acid groups (broad SMARTS) is 1. The molecule has 1 fully saturated rings. The van der Waals surface area contributed by atoms with Crippen LogP contribution in [-0.2, 0) is 6.54 Å². The van der Waals surface area contributed by atoms with E-state index in [1.165, 1.54) is 18.4 Å². The second kappa shape index (κ2) is 6.02. The average Bonchev–Trinajstić information content (AvgIpc) is 2.31. The first-order chi connectivity index (χ1) is 8.56. The molecule has 1 aromatic rings. The monoisotopic (exact) mass is 359 g/mol. The Morgan fingerprint density at radius 2 is 2.33 bits per heavy atom. The van der Waals surface area contributed by atoms with Gasteiger partial charge in [-0.2, -0.15) is 0 Å². The highest BCUT2D eigenvalue weighted by atomic mass is 127. The highest BCUT2D eigenvalue weighted by molar-refractivity contribution is 14.1. The number of aromatic carboxylic acids is 1. The largest absolute Gasteiger partial charge is 0.478 e. The van der Waals surface area contributed by atoms with Gasteiger partial charge in [0.05, 0.1) is 5.56 Å². The Morgan fingerprint density at radius 1 is 1.56 bits per heavy atom. The molecule has 0 amide bonds. The number of nitrogens with zero attached hydrogens (tertiary/aromatic N) is 1. The molecule has 1 atom stereocenters. The fourth-order valence-electron chi connectivity index (χ4n) is 2.48. The number of hydrogen-bond donors (Lipinski definition) is 1. The Hall–Kier alpha value is -0.620. The van der Waals surface area contributed by atoms with E-state index in [1.54, 1.807) is 12.1 Å². The maximum atomic E-state index is 10.9. The number of carbonyl (C=O) groups is 1. The van der Waals surface area contributed by atoms with E-state index in [2.05, 4.69) is 34.4 Å². The summed E-state index contributed by atoms with van der Waals surface area (Å²) in [5.41, 5.74) is 1.60.